The Labute approximate surface area is 205 Å². The minimum absolute atomic E-state index is 0.0102. The SMILES string of the molecule is O=C(Cn1c2c(sc1=O)[C@H](c1cccc(Cl)c1Cl)C1C3CCC(C3)C1S2)N1CCOCC1. The van der Waals surface area contributed by atoms with E-state index in [0.717, 1.165) is 15.5 Å². The summed E-state index contributed by atoms with van der Waals surface area (Å²) in [5.41, 5.74) is 1.02. The molecule has 0 radical (unpaired) electrons. The Kier molecular flexibility index (Phi) is 5.62. The van der Waals surface area contributed by atoms with Gasteiger partial charge >= 0.3 is 4.87 Å². The van der Waals surface area contributed by atoms with Crippen molar-refractivity contribution in [1.29, 1.82) is 0 Å². The second-order valence-corrected chi connectivity index (χ2v) is 12.2. The van der Waals surface area contributed by atoms with Gasteiger partial charge in [-0.25, -0.2) is 0 Å². The molecule has 2 aliphatic carbocycles. The average molecular weight is 511 g/mol. The largest absolute Gasteiger partial charge is 0.378 e. The highest BCUT2D eigenvalue weighted by atomic mass is 35.5. The predicted molar refractivity (Wildman–Crippen MR) is 128 cm³/mol. The zero-order valence-electron chi connectivity index (χ0n) is 17.5. The lowest BCUT2D eigenvalue weighted by Crippen LogP contribution is -2.43. The van der Waals surface area contributed by atoms with E-state index in [9.17, 15) is 9.59 Å². The first-order valence-electron chi connectivity index (χ1n) is 11.2. The second-order valence-electron chi connectivity index (χ2n) is 9.23. The average Bonchev–Trinajstić information content (AvgIpc) is 3.49. The Morgan fingerprint density at radius 2 is 1.94 bits per heavy atom. The summed E-state index contributed by atoms with van der Waals surface area (Å²) in [5.74, 6) is 1.84. The number of carbonyl (C=O) groups excluding carboxylic acids is 1. The van der Waals surface area contributed by atoms with Crippen molar-refractivity contribution in [3.05, 3.63) is 48.4 Å². The van der Waals surface area contributed by atoms with Gasteiger partial charge in [-0.1, -0.05) is 46.7 Å². The number of halogens is 2. The molecule has 0 spiro atoms. The van der Waals surface area contributed by atoms with Crippen LogP contribution in [0.25, 0.3) is 0 Å². The van der Waals surface area contributed by atoms with Gasteiger partial charge in [0.2, 0.25) is 5.91 Å². The van der Waals surface area contributed by atoms with Crippen molar-refractivity contribution < 1.29 is 9.53 Å². The van der Waals surface area contributed by atoms with Gasteiger partial charge in [0.05, 0.1) is 28.3 Å². The van der Waals surface area contributed by atoms with Gasteiger partial charge in [0, 0.05) is 29.1 Å². The normalized spacial score (nSPS) is 30.9. The van der Waals surface area contributed by atoms with Gasteiger partial charge < -0.3 is 9.64 Å². The molecule has 1 aromatic carbocycles. The van der Waals surface area contributed by atoms with Crippen LogP contribution in [0.15, 0.2) is 28.0 Å². The summed E-state index contributed by atoms with van der Waals surface area (Å²) in [7, 11) is 0. The van der Waals surface area contributed by atoms with Crippen LogP contribution in [0.4, 0.5) is 0 Å². The Hall–Kier alpha value is -0.990. The molecular weight excluding hydrogens is 487 g/mol. The van der Waals surface area contributed by atoms with Gasteiger partial charge in [-0.2, -0.15) is 0 Å². The van der Waals surface area contributed by atoms with Crippen LogP contribution in [-0.4, -0.2) is 46.9 Å². The zero-order valence-corrected chi connectivity index (χ0v) is 20.6. The molecule has 2 bridgehead atoms. The van der Waals surface area contributed by atoms with Gasteiger partial charge in [0.1, 0.15) is 6.54 Å². The number of benzene rings is 1. The van der Waals surface area contributed by atoms with E-state index in [1.165, 1.54) is 30.6 Å². The summed E-state index contributed by atoms with van der Waals surface area (Å²) >= 11 is 16.3. The van der Waals surface area contributed by atoms with Crippen LogP contribution in [0.2, 0.25) is 10.0 Å². The minimum atomic E-state index is -0.0559. The van der Waals surface area contributed by atoms with Gasteiger partial charge in [0.15, 0.2) is 0 Å². The van der Waals surface area contributed by atoms with Crippen LogP contribution < -0.4 is 4.87 Å². The van der Waals surface area contributed by atoms with Gasteiger partial charge in [-0.15, -0.1) is 11.8 Å². The van der Waals surface area contributed by atoms with Crippen molar-refractivity contribution in [3.8, 4) is 0 Å². The quantitative estimate of drug-likeness (QED) is 0.598. The highest BCUT2D eigenvalue weighted by Gasteiger charge is 2.55. The summed E-state index contributed by atoms with van der Waals surface area (Å²) in [4.78, 5) is 29.0. The van der Waals surface area contributed by atoms with E-state index in [4.69, 9.17) is 27.9 Å². The van der Waals surface area contributed by atoms with Crippen LogP contribution >= 0.6 is 46.3 Å². The molecule has 4 unspecified atom stereocenters. The maximum absolute atomic E-state index is 13.2. The van der Waals surface area contributed by atoms with Crippen LogP contribution in [-0.2, 0) is 16.1 Å². The fraction of sp³-hybridized carbons (Fsp3) is 0.565. The van der Waals surface area contributed by atoms with E-state index < -0.39 is 0 Å². The molecule has 6 rings (SSSR count). The van der Waals surface area contributed by atoms with E-state index in [1.807, 2.05) is 23.9 Å². The number of thiazole rings is 1. The smallest absolute Gasteiger partial charge is 0.308 e. The van der Waals surface area contributed by atoms with Crippen molar-refractivity contribution >= 4 is 52.2 Å². The molecule has 4 aliphatic rings. The summed E-state index contributed by atoms with van der Waals surface area (Å²) in [6.07, 6.45) is 3.76. The molecule has 1 saturated heterocycles. The third-order valence-electron chi connectivity index (χ3n) is 7.66. The number of amides is 1. The lowest BCUT2D eigenvalue weighted by atomic mass is 9.75. The number of thioether (sulfide) groups is 1. The van der Waals surface area contributed by atoms with Crippen LogP contribution in [0.3, 0.4) is 0 Å². The Morgan fingerprint density at radius 3 is 2.75 bits per heavy atom. The van der Waals surface area contributed by atoms with Crippen molar-refractivity contribution in [2.75, 3.05) is 26.3 Å². The fourth-order valence-corrected chi connectivity index (χ4v) is 9.81. The number of ether oxygens (including phenoxy) is 1. The molecular formula is C23H24Cl2N2O3S2. The Bertz CT molecular complexity index is 1130. The first-order chi connectivity index (χ1) is 15.5. The molecule has 2 saturated carbocycles. The first-order valence-corrected chi connectivity index (χ1v) is 13.7. The molecule has 3 heterocycles. The van der Waals surface area contributed by atoms with Crippen molar-refractivity contribution in [1.82, 2.24) is 9.47 Å². The highest BCUT2D eigenvalue weighted by molar-refractivity contribution is 8.00. The van der Waals surface area contributed by atoms with Crippen molar-refractivity contribution in [2.24, 2.45) is 17.8 Å². The molecule has 1 aromatic heterocycles. The second kappa shape index (κ2) is 8.35. The summed E-state index contributed by atoms with van der Waals surface area (Å²) < 4.78 is 7.09. The number of carbonyl (C=O) groups is 1. The van der Waals surface area contributed by atoms with E-state index >= 15 is 0 Å². The Morgan fingerprint density at radius 1 is 1.16 bits per heavy atom. The van der Waals surface area contributed by atoms with E-state index in [1.54, 1.807) is 9.47 Å². The fourth-order valence-electron chi connectivity index (χ4n) is 6.24. The molecule has 9 heteroatoms. The summed E-state index contributed by atoms with van der Waals surface area (Å²) in [6, 6.07) is 5.84. The van der Waals surface area contributed by atoms with E-state index in [-0.39, 0.29) is 23.2 Å². The van der Waals surface area contributed by atoms with Crippen molar-refractivity contribution in [3.63, 3.8) is 0 Å². The number of fused-ring (bicyclic) bond motifs is 6. The molecule has 2 aliphatic heterocycles. The summed E-state index contributed by atoms with van der Waals surface area (Å²) in [5, 5.41) is 2.57. The topological polar surface area (TPSA) is 51.5 Å². The maximum atomic E-state index is 13.2. The van der Waals surface area contributed by atoms with Crippen LogP contribution in [0.5, 0.6) is 0 Å². The molecule has 170 valence electrons. The number of morpholine rings is 1. The number of nitrogens with zero attached hydrogens (tertiary/aromatic N) is 2. The number of aromatic nitrogens is 1. The maximum Gasteiger partial charge on any atom is 0.308 e. The summed E-state index contributed by atoms with van der Waals surface area (Å²) in [6.45, 7) is 2.38. The van der Waals surface area contributed by atoms with E-state index in [2.05, 4.69) is 6.07 Å². The molecule has 5 atom stereocenters. The number of hydrogen-bond donors (Lipinski definition) is 0. The van der Waals surface area contributed by atoms with Gasteiger partial charge in [-0.05, 0) is 48.6 Å². The third-order valence-corrected chi connectivity index (χ3v) is 11.3. The predicted octanol–water partition coefficient (Wildman–Crippen LogP) is 4.73. The molecule has 2 aromatic rings. The molecule has 5 nitrogen and oxygen atoms in total. The third kappa shape index (κ3) is 3.38. The van der Waals surface area contributed by atoms with Crippen LogP contribution in [0, 0.1) is 17.8 Å². The lowest BCUT2D eigenvalue weighted by Gasteiger charge is -2.41. The lowest BCUT2D eigenvalue weighted by molar-refractivity contribution is -0.136. The number of rotatable bonds is 3. The van der Waals surface area contributed by atoms with Gasteiger partial charge in [0.25, 0.3) is 0 Å². The minimum Gasteiger partial charge on any atom is -0.378 e. The van der Waals surface area contributed by atoms with E-state index in [0.29, 0.717) is 59.4 Å². The highest BCUT2D eigenvalue weighted by Crippen LogP contribution is 2.64. The molecule has 32 heavy (non-hydrogen) atoms. The molecule has 0 N–H and O–H groups in total. The Balaban J connectivity index is 1.43. The first kappa shape index (κ1) is 21.5. The zero-order chi connectivity index (χ0) is 22.0. The van der Waals surface area contributed by atoms with Crippen LogP contribution in [0.1, 0.15) is 35.6 Å². The molecule has 3 fully saturated rings. The molecule has 1 amide bonds. The van der Waals surface area contributed by atoms with Gasteiger partial charge in [-0.3, -0.25) is 14.2 Å². The monoisotopic (exact) mass is 510 g/mol. The van der Waals surface area contributed by atoms with Crippen molar-refractivity contribution in [2.45, 2.75) is 42.0 Å². The number of hydrogen-bond acceptors (Lipinski definition) is 5. The standard InChI is InChI=1S/C23H24Cl2N2O3S2/c24-15-3-1-2-14(19(15)25)18-17-12-4-5-13(10-12)20(17)31-22-21(18)32-23(29)27(22)11-16(28)26-6-8-30-9-7-26/h1-3,12-13,17-18,20H,4-11H2/t12?,13?,17?,18-,20?/m1/s1.